The number of aromatic nitrogens is 3. The number of halogens is 5. The normalized spacial score (nSPS) is 24.1. The van der Waals surface area contributed by atoms with Crippen LogP contribution in [0, 0.1) is 24.0 Å². The topological polar surface area (TPSA) is 83.8 Å². The highest BCUT2D eigenvalue weighted by molar-refractivity contribution is 6.04. The van der Waals surface area contributed by atoms with E-state index in [4.69, 9.17) is 15.9 Å². The minimum absolute atomic E-state index is 0.0166. The van der Waals surface area contributed by atoms with Crippen LogP contribution in [0.15, 0.2) is 24.3 Å². The zero-order chi connectivity index (χ0) is 33.2. The smallest absolute Gasteiger partial charge is 0.319 e. The van der Waals surface area contributed by atoms with Crippen LogP contribution in [-0.4, -0.2) is 82.0 Å². The van der Waals surface area contributed by atoms with E-state index < -0.39 is 41.9 Å². The molecule has 8 nitrogen and oxygen atoms in total. The molecular formula is C34H32F5N5O3. The number of methoxy groups -OCH3 is 1. The van der Waals surface area contributed by atoms with Gasteiger partial charge in [0.25, 0.3) is 5.92 Å². The van der Waals surface area contributed by atoms with Gasteiger partial charge in [-0.05, 0) is 56.3 Å². The molecule has 2 aromatic heterocycles. The van der Waals surface area contributed by atoms with Gasteiger partial charge in [0.1, 0.15) is 46.8 Å². The SMILES string of the molecule is C#Cc1c(F)ccc2cc(O)cc(-c3nc(OC)c4c(N5CC(F)(F)CC[C@H]5C)nc(OC[C@@]56CCCN5C[C@H](F)C6)nc4c3F)c12. The number of hydrogen-bond acceptors (Lipinski definition) is 8. The molecule has 0 aliphatic carbocycles. The highest BCUT2D eigenvalue weighted by Gasteiger charge is 2.49. The van der Waals surface area contributed by atoms with Crippen molar-refractivity contribution in [3.8, 4) is 41.2 Å². The maximum absolute atomic E-state index is 16.9. The Bertz CT molecular complexity index is 1950. The number of alkyl halides is 3. The zero-order valence-electron chi connectivity index (χ0n) is 25.8. The summed E-state index contributed by atoms with van der Waals surface area (Å²) in [6.45, 7) is 2.08. The first-order valence-corrected chi connectivity index (χ1v) is 15.5. The summed E-state index contributed by atoms with van der Waals surface area (Å²) in [5.74, 6) is -3.01. The number of pyridine rings is 1. The van der Waals surface area contributed by atoms with E-state index in [0.717, 1.165) is 12.5 Å². The summed E-state index contributed by atoms with van der Waals surface area (Å²) >= 11 is 0. The number of hydrogen-bond donors (Lipinski definition) is 1. The second-order valence-corrected chi connectivity index (χ2v) is 12.7. The van der Waals surface area contributed by atoms with Crippen molar-refractivity contribution >= 4 is 27.5 Å². The molecule has 0 bridgehead atoms. The van der Waals surface area contributed by atoms with Gasteiger partial charge in [0, 0.05) is 36.4 Å². The van der Waals surface area contributed by atoms with Gasteiger partial charge in [0.2, 0.25) is 5.88 Å². The van der Waals surface area contributed by atoms with Crippen LogP contribution in [0.1, 0.15) is 44.6 Å². The molecular weight excluding hydrogens is 621 g/mol. The number of fused-ring (bicyclic) bond motifs is 3. The first-order valence-electron chi connectivity index (χ1n) is 15.5. The van der Waals surface area contributed by atoms with E-state index >= 15 is 4.39 Å². The van der Waals surface area contributed by atoms with Crippen molar-refractivity contribution in [1.29, 1.82) is 0 Å². The molecule has 3 saturated heterocycles. The van der Waals surface area contributed by atoms with Gasteiger partial charge in [0.05, 0.1) is 24.8 Å². The van der Waals surface area contributed by atoms with Crippen molar-refractivity contribution < 1.29 is 36.5 Å². The van der Waals surface area contributed by atoms with Crippen molar-refractivity contribution in [3.05, 3.63) is 41.5 Å². The van der Waals surface area contributed by atoms with Crippen LogP contribution in [0.2, 0.25) is 0 Å². The van der Waals surface area contributed by atoms with Gasteiger partial charge < -0.3 is 19.5 Å². The lowest BCUT2D eigenvalue weighted by atomic mass is 9.95. The van der Waals surface area contributed by atoms with Gasteiger partial charge in [-0.2, -0.15) is 9.97 Å². The molecule has 47 heavy (non-hydrogen) atoms. The average Bonchev–Trinajstić information content (AvgIpc) is 3.56. The maximum Gasteiger partial charge on any atom is 0.319 e. The molecule has 0 unspecified atom stereocenters. The highest BCUT2D eigenvalue weighted by Crippen LogP contribution is 2.45. The van der Waals surface area contributed by atoms with Crippen molar-refractivity contribution in [2.24, 2.45) is 0 Å². The third-order valence-electron chi connectivity index (χ3n) is 9.72. The first-order chi connectivity index (χ1) is 22.4. The summed E-state index contributed by atoms with van der Waals surface area (Å²) in [7, 11) is 1.28. The molecule has 3 aliphatic heterocycles. The molecule has 1 N–H and O–H groups in total. The first kappa shape index (κ1) is 31.2. The Morgan fingerprint density at radius 3 is 2.70 bits per heavy atom. The number of benzene rings is 2. The minimum Gasteiger partial charge on any atom is -0.508 e. The Kier molecular flexibility index (Phi) is 7.54. The number of aromatic hydroxyl groups is 1. The van der Waals surface area contributed by atoms with Gasteiger partial charge in [0.15, 0.2) is 5.82 Å². The van der Waals surface area contributed by atoms with E-state index in [1.807, 2.05) is 4.90 Å². The summed E-state index contributed by atoms with van der Waals surface area (Å²) in [5, 5.41) is 10.9. The molecule has 3 fully saturated rings. The number of nitrogens with zero attached hydrogens (tertiary/aromatic N) is 5. The number of phenols is 1. The largest absolute Gasteiger partial charge is 0.508 e. The molecule has 0 spiro atoms. The van der Waals surface area contributed by atoms with E-state index in [0.29, 0.717) is 18.4 Å². The number of piperidine rings is 1. The molecule has 246 valence electrons. The Balaban J connectivity index is 1.46. The average molecular weight is 654 g/mol. The number of rotatable bonds is 6. The van der Waals surface area contributed by atoms with Gasteiger partial charge in [-0.15, -0.1) is 6.42 Å². The Morgan fingerprint density at radius 2 is 1.94 bits per heavy atom. The summed E-state index contributed by atoms with van der Waals surface area (Å²) in [6, 6.07) is 4.39. The molecule has 2 aromatic carbocycles. The standard InChI is InChI=1S/C34H32F5N5O3/c1-4-22-24(36)7-6-19-12-21(45)13-23(25(19)22)28-27(37)29-26(31(40-28)46-3)30(44-16-34(38,39)10-8-18(44)2)42-32(41-29)47-17-33-9-5-11-43(33)15-20(35)14-33/h1,6-7,12-13,18,20,45H,5,8-11,14-17H2,2-3H3/t18-,20-,33+/m1/s1. The van der Waals surface area contributed by atoms with Gasteiger partial charge in [-0.25, -0.2) is 26.9 Å². The van der Waals surface area contributed by atoms with E-state index in [1.54, 1.807) is 6.92 Å². The molecule has 5 heterocycles. The molecule has 3 atom stereocenters. The van der Waals surface area contributed by atoms with Crippen molar-refractivity contribution in [2.75, 3.05) is 38.3 Å². The van der Waals surface area contributed by atoms with Crippen molar-refractivity contribution in [3.63, 3.8) is 0 Å². The summed E-state index contributed by atoms with van der Waals surface area (Å²) < 4.78 is 87.7. The van der Waals surface area contributed by atoms with Gasteiger partial charge in [-0.1, -0.05) is 12.0 Å². The van der Waals surface area contributed by atoms with Crippen LogP contribution in [0.5, 0.6) is 17.6 Å². The molecule has 0 amide bonds. The van der Waals surface area contributed by atoms with E-state index in [1.165, 1.54) is 30.2 Å². The Hall–Kier alpha value is -4.44. The summed E-state index contributed by atoms with van der Waals surface area (Å²) in [6.07, 6.45) is 6.25. The van der Waals surface area contributed by atoms with Crippen molar-refractivity contribution in [1.82, 2.24) is 19.9 Å². The van der Waals surface area contributed by atoms with Crippen LogP contribution in [0.4, 0.5) is 27.8 Å². The molecule has 3 aliphatic rings. The third-order valence-corrected chi connectivity index (χ3v) is 9.72. The lowest BCUT2D eigenvalue weighted by Gasteiger charge is -2.39. The van der Waals surface area contributed by atoms with Crippen LogP contribution >= 0.6 is 0 Å². The van der Waals surface area contributed by atoms with Crippen molar-refractivity contribution in [2.45, 2.75) is 62.7 Å². The molecule has 13 heteroatoms. The molecule has 0 radical (unpaired) electrons. The highest BCUT2D eigenvalue weighted by atomic mass is 19.3. The Morgan fingerprint density at radius 1 is 1.13 bits per heavy atom. The fraction of sp³-hybridized carbons (Fsp3) is 0.441. The minimum atomic E-state index is -3.05. The number of phenolic OH excluding ortho intramolecular Hbond substituents is 1. The fourth-order valence-corrected chi connectivity index (χ4v) is 7.45. The molecule has 0 saturated carbocycles. The second-order valence-electron chi connectivity index (χ2n) is 12.7. The quantitative estimate of drug-likeness (QED) is 0.189. The fourth-order valence-electron chi connectivity index (χ4n) is 7.45. The zero-order valence-corrected chi connectivity index (χ0v) is 25.8. The van der Waals surface area contributed by atoms with Crippen LogP contribution < -0.4 is 14.4 Å². The van der Waals surface area contributed by atoms with E-state index in [9.17, 15) is 22.7 Å². The summed E-state index contributed by atoms with van der Waals surface area (Å²) in [5.41, 5.74) is -1.51. The van der Waals surface area contributed by atoms with Gasteiger partial charge in [-0.3, -0.25) is 4.90 Å². The molecule has 4 aromatic rings. The van der Waals surface area contributed by atoms with Crippen LogP contribution in [0.3, 0.4) is 0 Å². The monoisotopic (exact) mass is 653 g/mol. The third kappa shape index (κ3) is 5.23. The second kappa shape index (κ2) is 11.4. The number of anilines is 1. The lowest BCUT2D eigenvalue weighted by molar-refractivity contribution is -0.0179. The van der Waals surface area contributed by atoms with E-state index in [-0.39, 0.29) is 89.0 Å². The molecule has 7 rings (SSSR count). The maximum atomic E-state index is 16.9. The van der Waals surface area contributed by atoms with Crippen LogP contribution in [-0.2, 0) is 0 Å². The van der Waals surface area contributed by atoms with Gasteiger partial charge >= 0.3 is 6.01 Å². The number of terminal acetylenes is 1. The summed E-state index contributed by atoms with van der Waals surface area (Å²) in [4.78, 5) is 16.8. The number of ether oxygens (including phenoxy) is 2. The van der Waals surface area contributed by atoms with Crippen LogP contribution in [0.25, 0.3) is 32.9 Å². The predicted molar refractivity (Wildman–Crippen MR) is 166 cm³/mol. The van der Waals surface area contributed by atoms with E-state index in [2.05, 4.69) is 20.9 Å². The predicted octanol–water partition coefficient (Wildman–Crippen LogP) is 6.40. The Labute approximate surface area is 267 Å². The lowest BCUT2D eigenvalue weighted by Crippen LogP contribution is -2.48.